The van der Waals surface area contributed by atoms with Crippen LogP contribution in [0.15, 0.2) is 24.3 Å². The van der Waals surface area contributed by atoms with Crippen molar-refractivity contribution in [1.82, 2.24) is 5.32 Å². The summed E-state index contributed by atoms with van der Waals surface area (Å²) in [4.78, 5) is 11.7. The minimum atomic E-state index is -2.84. The largest absolute Gasteiger partial charge is 0.325 e. The summed E-state index contributed by atoms with van der Waals surface area (Å²) in [5.41, 5.74) is 1.87. The number of carbonyl (C=O) groups excluding carboxylic acids is 1. The van der Waals surface area contributed by atoms with Crippen molar-refractivity contribution in [3.63, 3.8) is 0 Å². The Hall–Kier alpha value is -1.40. The molecule has 0 aliphatic carbocycles. The summed E-state index contributed by atoms with van der Waals surface area (Å²) in [5, 5.41) is 5.83. The van der Waals surface area contributed by atoms with Crippen LogP contribution in [0.1, 0.15) is 12.0 Å². The van der Waals surface area contributed by atoms with Gasteiger partial charge in [-0.05, 0) is 43.5 Å². The maximum absolute atomic E-state index is 11.7. The lowest BCUT2D eigenvalue weighted by atomic mass is 10.1. The third-order valence-electron chi connectivity index (χ3n) is 3.35. The van der Waals surface area contributed by atoms with Gasteiger partial charge in [0, 0.05) is 5.69 Å². The molecule has 1 aliphatic heterocycles. The summed E-state index contributed by atoms with van der Waals surface area (Å²) >= 11 is 0. The van der Waals surface area contributed by atoms with Crippen LogP contribution in [0.5, 0.6) is 0 Å². The minimum Gasteiger partial charge on any atom is -0.325 e. The van der Waals surface area contributed by atoms with Crippen molar-refractivity contribution >= 4 is 21.4 Å². The van der Waals surface area contributed by atoms with Gasteiger partial charge in [0.15, 0.2) is 9.84 Å². The Morgan fingerprint density at radius 2 is 2.20 bits per heavy atom. The zero-order valence-electron chi connectivity index (χ0n) is 11.6. The first kappa shape index (κ1) is 15.0. The van der Waals surface area contributed by atoms with Gasteiger partial charge < -0.3 is 10.6 Å². The molecule has 1 aromatic carbocycles. The number of anilines is 1. The highest BCUT2D eigenvalue weighted by Gasteiger charge is 2.27. The Kier molecular flexibility index (Phi) is 4.77. The zero-order chi connectivity index (χ0) is 14.6. The predicted octanol–water partition coefficient (Wildman–Crippen LogP) is 0.958. The van der Waals surface area contributed by atoms with Crippen molar-refractivity contribution in [2.75, 3.05) is 29.9 Å². The highest BCUT2D eigenvalue weighted by molar-refractivity contribution is 7.91. The van der Waals surface area contributed by atoms with Crippen molar-refractivity contribution in [1.29, 1.82) is 0 Å². The molecule has 0 bridgehead atoms. The van der Waals surface area contributed by atoms with E-state index in [2.05, 4.69) is 10.6 Å². The van der Waals surface area contributed by atoms with Gasteiger partial charge in [-0.3, -0.25) is 4.79 Å². The number of carbonyl (C=O) groups is 1. The quantitative estimate of drug-likeness (QED) is 0.848. The van der Waals surface area contributed by atoms with Crippen molar-refractivity contribution in [2.24, 2.45) is 5.92 Å². The van der Waals surface area contributed by atoms with E-state index in [9.17, 15) is 13.2 Å². The zero-order valence-corrected chi connectivity index (χ0v) is 12.4. The molecule has 5 nitrogen and oxygen atoms in total. The molecule has 110 valence electrons. The van der Waals surface area contributed by atoms with Gasteiger partial charge in [0.05, 0.1) is 18.1 Å². The molecule has 1 aliphatic rings. The Morgan fingerprint density at radius 3 is 2.85 bits per heavy atom. The molecule has 1 heterocycles. The van der Waals surface area contributed by atoms with Crippen molar-refractivity contribution in [3.8, 4) is 0 Å². The lowest BCUT2D eigenvalue weighted by Gasteiger charge is -2.10. The third kappa shape index (κ3) is 4.61. The molecule has 0 spiro atoms. The SMILES string of the molecule is Cc1cccc(NC(=O)CNCC2CCS(=O)(=O)C2)c1. The van der Waals surface area contributed by atoms with E-state index in [1.54, 1.807) is 0 Å². The van der Waals surface area contributed by atoms with Crippen LogP contribution in [0.4, 0.5) is 5.69 Å². The third-order valence-corrected chi connectivity index (χ3v) is 5.18. The maximum atomic E-state index is 11.7. The fraction of sp³-hybridized carbons (Fsp3) is 0.500. The van der Waals surface area contributed by atoms with E-state index in [0.29, 0.717) is 13.0 Å². The van der Waals surface area contributed by atoms with Crippen molar-refractivity contribution < 1.29 is 13.2 Å². The monoisotopic (exact) mass is 296 g/mol. The second-order valence-corrected chi connectivity index (χ2v) is 7.55. The van der Waals surface area contributed by atoms with Crippen LogP contribution in [0.3, 0.4) is 0 Å². The number of rotatable bonds is 5. The summed E-state index contributed by atoms with van der Waals surface area (Å²) in [6, 6.07) is 7.60. The first-order valence-corrected chi connectivity index (χ1v) is 8.54. The van der Waals surface area contributed by atoms with Gasteiger partial charge >= 0.3 is 0 Å². The molecule has 20 heavy (non-hydrogen) atoms. The average Bonchev–Trinajstić information content (AvgIpc) is 2.69. The smallest absolute Gasteiger partial charge is 0.238 e. The van der Waals surface area contributed by atoms with Crippen molar-refractivity contribution in [3.05, 3.63) is 29.8 Å². The number of aryl methyl sites for hydroxylation is 1. The Labute approximate surface area is 119 Å². The number of sulfone groups is 1. The van der Waals surface area contributed by atoms with Gasteiger partial charge in [-0.2, -0.15) is 0 Å². The molecule has 2 N–H and O–H groups in total. The number of hydrogen-bond donors (Lipinski definition) is 2. The maximum Gasteiger partial charge on any atom is 0.238 e. The number of benzene rings is 1. The van der Waals surface area contributed by atoms with E-state index in [1.165, 1.54) is 0 Å². The number of amides is 1. The van der Waals surface area contributed by atoms with Gasteiger partial charge in [0.1, 0.15) is 0 Å². The van der Waals surface area contributed by atoms with Crippen LogP contribution in [-0.2, 0) is 14.6 Å². The molecule has 1 aromatic rings. The molecule has 1 fully saturated rings. The second-order valence-electron chi connectivity index (χ2n) is 5.32. The lowest BCUT2D eigenvalue weighted by Crippen LogP contribution is -2.32. The topological polar surface area (TPSA) is 75.3 Å². The van der Waals surface area contributed by atoms with Crippen LogP contribution < -0.4 is 10.6 Å². The fourth-order valence-corrected chi connectivity index (χ4v) is 4.21. The normalized spacial score (nSPS) is 20.8. The molecule has 2 rings (SSSR count). The van der Waals surface area contributed by atoms with Gasteiger partial charge in [0.2, 0.25) is 5.91 Å². The molecule has 1 unspecified atom stereocenters. The average molecular weight is 296 g/mol. The van der Waals surface area contributed by atoms with Crippen molar-refractivity contribution in [2.45, 2.75) is 13.3 Å². The molecule has 1 amide bonds. The fourth-order valence-electron chi connectivity index (χ4n) is 2.35. The summed E-state index contributed by atoms with van der Waals surface area (Å²) in [5.74, 6) is 0.525. The van der Waals surface area contributed by atoms with E-state index in [0.717, 1.165) is 11.3 Å². The standard InChI is InChI=1S/C14H20N2O3S/c1-11-3-2-4-13(7-11)16-14(17)9-15-8-12-5-6-20(18,19)10-12/h2-4,7,12,15H,5-6,8-10H2,1H3,(H,16,17). The summed E-state index contributed by atoms with van der Waals surface area (Å²) in [6.07, 6.45) is 0.689. The first-order valence-electron chi connectivity index (χ1n) is 6.72. The van der Waals surface area contributed by atoms with Crippen LogP contribution in [0.2, 0.25) is 0 Å². The Bertz CT molecular complexity index is 584. The van der Waals surface area contributed by atoms with E-state index < -0.39 is 9.84 Å². The molecule has 6 heteroatoms. The highest BCUT2D eigenvalue weighted by atomic mass is 32.2. The van der Waals surface area contributed by atoms with Gasteiger partial charge in [-0.1, -0.05) is 12.1 Å². The molecule has 0 aromatic heterocycles. The molecule has 1 saturated heterocycles. The molecular formula is C14H20N2O3S. The summed E-state index contributed by atoms with van der Waals surface area (Å²) in [6.45, 7) is 2.74. The summed E-state index contributed by atoms with van der Waals surface area (Å²) < 4.78 is 22.6. The lowest BCUT2D eigenvalue weighted by molar-refractivity contribution is -0.115. The predicted molar refractivity (Wildman–Crippen MR) is 79.4 cm³/mol. The second kappa shape index (κ2) is 6.37. The van der Waals surface area contributed by atoms with Crippen LogP contribution in [-0.4, -0.2) is 38.9 Å². The molecule has 1 atom stereocenters. The summed E-state index contributed by atoms with van der Waals surface area (Å²) in [7, 11) is -2.84. The molecular weight excluding hydrogens is 276 g/mol. The minimum absolute atomic E-state index is 0.114. The van der Waals surface area contributed by atoms with E-state index in [1.807, 2.05) is 31.2 Å². The van der Waals surface area contributed by atoms with Crippen LogP contribution in [0.25, 0.3) is 0 Å². The van der Waals surface area contributed by atoms with E-state index >= 15 is 0 Å². The van der Waals surface area contributed by atoms with Crippen LogP contribution in [0, 0.1) is 12.8 Å². The Morgan fingerprint density at radius 1 is 1.40 bits per heavy atom. The van der Waals surface area contributed by atoms with Gasteiger partial charge in [-0.25, -0.2) is 8.42 Å². The molecule has 0 radical (unpaired) electrons. The van der Waals surface area contributed by atoms with Gasteiger partial charge in [0.25, 0.3) is 0 Å². The number of nitrogens with one attached hydrogen (secondary N) is 2. The highest BCUT2D eigenvalue weighted by Crippen LogP contribution is 2.17. The van der Waals surface area contributed by atoms with E-state index in [4.69, 9.17) is 0 Å². The number of hydrogen-bond acceptors (Lipinski definition) is 4. The van der Waals surface area contributed by atoms with Gasteiger partial charge in [-0.15, -0.1) is 0 Å². The first-order chi connectivity index (χ1) is 9.44. The van der Waals surface area contributed by atoms with Crippen LogP contribution >= 0.6 is 0 Å². The molecule has 0 saturated carbocycles. The van der Waals surface area contributed by atoms with E-state index in [-0.39, 0.29) is 29.9 Å². The Balaban J connectivity index is 1.71.